The third kappa shape index (κ3) is 9.82. The largest absolute Gasteiger partial charge is 0.481 e. The molecule has 0 rings (SSSR count). The first-order chi connectivity index (χ1) is 13.8. The Hall–Kier alpha value is -3.22. The molecule has 0 aromatic carbocycles. The number of carboxylic acid groups (broad SMARTS) is 3. The molecule has 0 aromatic rings. The van der Waals surface area contributed by atoms with Gasteiger partial charge >= 0.3 is 17.9 Å². The lowest BCUT2D eigenvalue weighted by Crippen LogP contribution is -2.57. The Kier molecular flexibility index (Phi) is 11.0. The molecule has 0 saturated carbocycles. The first kappa shape index (κ1) is 26.8. The molecule has 30 heavy (non-hydrogen) atoms. The van der Waals surface area contributed by atoms with Gasteiger partial charge in [-0.25, -0.2) is 4.79 Å². The number of carbonyl (C=O) groups is 6. The normalized spacial score (nSPS) is 14.7. The van der Waals surface area contributed by atoms with Crippen molar-refractivity contribution in [3.05, 3.63) is 0 Å². The minimum absolute atomic E-state index is 0.198. The monoisotopic (exact) mass is 432 g/mol. The minimum atomic E-state index is -1.78. The summed E-state index contributed by atoms with van der Waals surface area (Å²) in [6, 6.07) is -5.25. The fourth-order valence-electron chi connectivity index (χ4n) is 2.16. The van der Waals surface area contributed by atoms with Crippen molar-refractivity contribution < 1.29 is 44.1 Å². The summed E-state index contributed by atoms with van der Waals surface area (Å²) in [4.78, 5) is 69.3. The molecule has 170 valence electrons. The Labute approximate surface area is 172 Å². The van der Waals surface area contributed by atoms with Gasteiger partial charge in [0.15, 0.2) is 0 Å². The topological polar surface area (TPSA) is 225 Å². The summed E-state index contributed by atoms with van der Waals surface area (Å²) < 4.78 is 0. The van der Waals surface area contributed by atoms with Gasteiger partial charge in [0.1, 0.15) is 18.1 Å². The number of hydrogen-bond acceptors (Lipinski definition) is 7. The second-order valence-corrected chi connectivity index (χ2v) is 6.99. The van der Waals surface area contributed by atoms with Crippen LogP contribution in [0, 0.1) is 5.92 Å². The second-order valence-electron chi connectivity index (χ2n) is 6.99. The van der Waals surface area contributed by atoms with Crippen LogP contribution >= 0.6 is 0 Å². The lowest BCUT2D eigenvalue weighted by Gasteiger charge is -2.23. The van der Waals surface area contributed by atoms with Gasteiger partial charge in [-0.3, -0.25) is 24.0 Å². The minimum Gasteiger partial charge on any atom is -0.481 e. The van der Waals surface area contributed by atoms with E-state index in [1.807, 2.05) is 5.32 Å². The smallest absolute Gasteiger partial charge is 0.326 e. The zero-order chi connectivity index (χ0) is 23.6. The van der Waals surface area contributed by atoms with Crippen LogP contribution < -0.4 is 21.7 Å². The highest BCUT2D eigenvalue weighted by Crippen LogP contribution is 2.03. The fourth-order valence-corrected chi connectivity index (χ4v) is 2.16. The van der Waals surface area contributed by atoms with E-state index in [1.54, 1.807) is 13.8 Å². The van der Waals surface area contributed by atoms with Crippen LogP contribution in [0.15, 0.2) is 0 Å². The zero-order valence-corrected chi connectivity index (χ0v) is 16.9. The van der Waals surface area contributed by atoms with E-state index in [9.17, 15) is 28.8 Å². The van der Waals surface area contributed by atoms with Crippen molar-refractivity contribution in [3.63, 3.8) is 0 Å². The summed E-state index contributed by atoms with van der Waals surface area (Å²) in [6.45, 7) is 4.73. The Morgan fingerprint density at radius 1 is 0.767 bits per heavy atom. The molecule has 0 aliphatic carbocycles. The molecule has 0 saturated heterocycles. The lowest BCUT2D eigenvalue weighted by atomic mass is 10.0. The van der Waals surface area contributed by atoms with E-state index in [2.05, 4.69) is 10.6 Å². The molecule has 0 heterocycles. The van der Waals surface area contributed by atoms with Crippen molar-refractivity contribution in [2.45, 2.75) is 64.2 Å². The SMILES string of the molecule is CC(NC(=O)C(N)C(C)C)C(=O)NC(CCC(=O)O)C(=O)NC(CC(=O)O)C(=O)O. The van der Waals surface area contributed by atoms with Gasteiger partial charge in [-0.1, -0.05) is 13.8 Å². The maximum Gasteiger partial charge on any atom is 0.326 e. The molecule has 4 unspecified atom stereocenters. The van der Waals surface area contributed by atoms with Crippen LogP contribution in [0.3, 0.4) is 0 Å². The van der Waals surface area contributed by atoms with Crippen molar-refractivity contribution in [3.8, 4) is 0 Å². The van der Waals surface area contributed by atoms with Gasteiger partial charge in [0.2, 0.25) is 17.7 Å². The first-order valence-corrected chi connectivity index (χ1v) is 9.09. The van der Waals surface area contributed by atoms with E-state index in [0.717, 1.165) is 0 Å². The van der Waals surface area contributed by atoms with Crippen LogP contribution in [0.5, 0.6) is 0 Å². The van der Waals surface area contributed by atoms with Crippen molar-refractivity contribution in [2.24, 2.45) is 11.7 Å². The summed E-state index contributed by atoms with van der Waals surface area (Å²) in [5, 5.41) is 33.1. The van der Waals surface area contributed by atoms with Crippen molar-refractivity contribution in [2.75, 3.05) is 0 Å². The third-order valence-corrected chi connectivity index (χ3v) is 4.05. The predicted molar refractivity (Wildman–Crippen MR) is 101 cm³/mol. The van der Waals surface area contributed by atoms with E-state index in [-0.39, 0.29) is 5.92 Å². The van der Waals surface area contributed by atoms with E-state index in [4.69, 9.17) is 21.1 Å². The Bertz CT molecular complexity index is 680. The van der Waals surface area contributed by atoms with Gasteiger partial charge in [0.25, 0.3) is 0 Å². The van der Waals surface area contributed by atoms with Crippen LogP contribution in [0.2, 0.25) is 0 Å². The quantitative estimate of drug-likeness (QED) is 0.167. The van der Waals surface area contributed by atoms with Crippen LogP contribution in [-0.4, -0.2) is 75.1 Å². The fraction of sp³-hybridized carbons (Fsp3) is 0.647. The maximum atomic E-state index is 12.3. The summed E-state index contributed by atoms with van der Waals surface area (Å²) in [7, 11) is 0. The van der Waals surface area contributed by atoms with Crippen LogP contribution in [-0.2, 0) is 28.8 Å². The summed E-state index contributed by atoms with van der Waals surface area (Å²) in [5.41, 5.74) is 5.69. The lowest BCUT2D eigenvalue weighted by molar-refractivity contribution is -0.147. The molecule has 0 radical (unpaired) electrons. The Morgan fingerprint density at radius 3 is 1.73 bits per heavy atom. The van der Waals surface area contributed by atoms with Crippen molar-refractivity contribution in [1.29, 1.82) is 0 Å². The molecule has 0 spiro atoms. The number of carboxylic acids is 3. The molecular weight excluding hydrogens is 404 g/mol. The molecule has 8 N–H and O–H groups in total. The standard InChI is InChI=1S/C17H28N4O9/c1-7(2)13(18)16(28)19-8(3)14(26)20-9(4-5-11(22)23)15(27)21-10(17(29)30)6-12(24)25/h7-10,13H,4-6,18H2,1-3H3,(H,19,28)(H,20,26)(H,21,27)(H,22,23)(H,24,25)(H,29,30). The van der Waals surface area contributed by atoms with E-state index >= 15 is 0 Å². The first-order valence-electron chi connectivity index (χ1n) is 9.09. The molecule has 4 atom stereocenters. The summed E-state index contributed by atoms with van der Waals surface area (Å²) in [6.07, 6.45) is -1.84. The van der Waals surface area contributed by atoms with E-state index in [1.165, 1.54) is 6.92 Å². The summed E-state index contributed by atoms with van der Waals surface area (Å²) >= 11 is 0. The third-order valence-electron chi connectivity index (χ3n) is 4.05. The molecule has 0 aliphatic heterocycles. The summed E-state index contributed by atoms with van der Waals surface area (Å²) in [5.74, 6) is -7.08. The number of nitrogens with two attached hydrogens (primary N) is 1. The molecule has 0 bridgehead atoms. The van der Waals surface area contributed by atoms with Gasteiger partial charge < -0.3 is 37.0 Å². The second kappa shape index (κ2) is 12.4. The van der Waals surface area contributed by atoms with Gasteiger partial charge in [0, 0.05) is 6.42 Å². The van der Waals surface area contributed by atoms with E-state index < -0.39 is 79.1 Å². The molecule has 0 fully saturated rings. The zero-order valence-electron chi connectivity index (χ0n) is 16.9. The van der Waals surface area contributed by atoms with Gasteiger partial charge in [0.05, 0.1) is 12.5 Å². The van der Waals surface area contributed by atoms with Gasteiger partial charge in [-0.15, -0.1) is 0 Å². The number of rotatable bonds is 13. The maximum absolute atomic E-state index is 12.3. The Morgan fingerprint density at radius 2 is 1.30 bits per heavy atom. The average molecular weight is 432 g/mol. The van der Waals surface area contributed by atoms with Crippen molar-refractivity contribution in [1.82, 2.24) is 16.0 Å². The molecule has 13 nitrogen and oxygen atoms in total. The molecule has 0 aliphatic rings. The van der Waals surface area contributed by atoms with Crippen LogP contribution in [0.25, 0.3) is 0 Å². The molecule has 3 amide bonds. The highest BCUT2D eigenvalue weighted by atomic mass is 16.4. The van der Waals surface area contributed by atoms with Crippen molar-refractivity contribution >= 4 is 35.6 Å². The number of amides is 3. The highest BCUT2D eigenvalue weighted by molar-refractivity contribution is 5.94. The molecule has 13 heteroatoms. The van der Waals surface area contributed by atoms with Gasteiger partial charge in [-0.05, 0) is 19.3 Å². The molecule has 0 aromatic heterocycles. The number of carbonyl (C=O) groups excluding carboxylic acids is 3. The highest BCUT2D eigenvalue weighted by Gasteiger charge is 2.30. The van der Waals surface area contributed by atoms with Crippen LogP contribution in [0.4, 0.5) is 0 Å². The van der Waals surface area contributed by atoms with Crippen LogP contribution in [0.1, 0.15) is 40.0 Å². The number of hydrogen-bond donors (Lipinski definition) is 7. The Balaban J connectivity index is 5.22. The predicted octanol–water partition coefficient (Wildman–Crippen LogP) is -2.13. The number of aliphatic carboxylic acids is 3. The number of nitrogens with one attached hydrogen (secondary N) is 3. The molecular formula is C17H28N4O9. The average Bonchev–Trinajstić information content (AvgIpc) is 2.62. The van der Waals surface area contributed by atoms with E-state index in [0.29, 0.717) is 0 Å². The van der Waals surface area contributed by atoms with Gasteiger partial charge in [-0.2, -0.15) is 0 Å².